The SMILES string of the molecule is CC(=O)OC1C(C)=CC2OC(=O)C(C)(O)C2(O)C(OC(C)=O)C2C(C)(O)C(O)C=CC2(C)C(OC(C)=O)C1OC(C)=O. The van der Waals surface area contributed by atoms with Crippen LogP contribution >= 0.6 is 0 Å². The van der Waals surface area contributed by atoms with Crippen LogP contribution in [-0.2, 0) is 47.7 Å². The van der Waals surface area contributed by atoms with Gasteiger partial charge in [0.25, 0.3) is 0 Å². The van der Waals surface area contributed by atoms with Gasteiger partial charge >= 0.3 is 29.8 Å². The Morgan fingerprint density at radius 2 is 1.33 bits per heavy atom. The Balaban J connectivity index is 2.58. The highest BCUT2D eigenvalue weighted by atomic mass is 16.6. The van der Waals surface area contributed by atoms with E-state index in [-0.39, 0.29) is 5.57 Å². The summed E-state index contributed by atoms with van der Waals surface area (Å²) in [4.78, 5) is 62.8. The van der Waals surface area contributed by atoms with E-state index in [2.05, 4.69) is 0 Å². The lowest BCUT2D eigenvalue weighted by atomic mass is 9.53. The van der Waals surface area contributed by atoms with Crippen LogP contribution in [0.1, 0.15) is 55.4 Å². The summed E-state index contributed by atoms with van der Waals surface area (Å²) >= 11 is 0. The molecule has 0 spiro atoms. The molecule has 42 heavy (non-hydrogen) atoms. The van der Waals surface area contributed by atoms with Gasteiger partial charge in [-0.15, -0.1) is 0 Å². The van der Waals surface area contributed by atoms with Gasteiger partial charge in [0.05, 0.1) is 5.60 Å². The molecule has 1 fully saturated rings. The molecular formula is C28H38O14. The third kappa shape index (κ3) is 5.32. The normalized spacial score (nSPS) is 43.1. The van der Waals surface area contributed by atoms with Crippen molar-refractivity contribution in [1.82, 2.24) is 0 Å². The highest BCUT2D eigenvalue weighted by molar-refractivity contribution is 5.84. The minimum absolute atomic E-state index is 0.0257. The molecule has 0 saturated carbocycles. The molecule has 0 aromatic heterocycles. The number of aliphatic hydroxyl groups is 4. The van der Waals surface area contributed by atoms with Crippen molar-refractivity contribution in [2.24, 2.45) is 11.3 Å². The Morgan fingerprint density at radius 1 is 0.833 bits per heavy atom. The van der Waals surface area contributed by atoms with E-state index < -0.39 is 94.6 Å². The highest BCUT2D eigenvalue weighted by Gasteiger charge is 2.75. The lowest BCUT2D eigenvalue weighted by Gasteiger charge is -2.57. The summed E-state index contributed by atoms with van der Waals surface area (Å²) in [7, 11) is 0. The standard InChI is InChI=1S/C28H38O14/c1-12-11-18-28(37,27(8,36)24(34)42-18)23(41-16(5)32)21-25(6,10-9-17(33)26(21,7)35)22(40-15(4)31)20(39-14(3)30)19(12)38-13(2)29/h9-11,17-23,33,35-37H,1-8H3. The molecule has 1 aliphatic heterocycles. The van der Waals surface area contributed by atoms with E-state index in [1.54, 1.807) is 0 Å². The number of carbonyl (C=O) groups excluding carboxylic acids is 5. The van der Waals surface area contributed by atoms with Gasteiger partial charge in [-0.1, -0.05) is 19.1 Å². The predicted octanol–water partition coefficient (Wildman–Crippen LogP) is -0.615. The van der Waals surface area contributed by atoms with Gasteiger partial charge in [-0.05, 0) is 32.4 Å². The lowest BCUT2D eigenvalue weighted by Crippen LogP contribution is -2.74. The molecule has 0 amide bonds. The van der Waals surface area contributed by atoms with E-state index in [0.29, 0.717) is 0 Å². The Kier molecular flexibility index (Phi) is 8.74. The first-order chi connectivity index (χ1) is 19.1. The minimum atomic E-state index is -2.85. The van der Waals surface area contributed by atoms with Gasteiger partial charge in [0.2, 0.25) is 0 Å². The van der Waals surface area contributed by atoms with E-state index in [1.807, 2.05) is 0 Å². The second-order valence-electron chi connectivity index (χ2n) is 11.7. The van der Waals surface area contributed by atoms with Crippen molar-refractivity contribution in [3.63, 3.8) is 0 Å². The molecular weight excluding hydrogens is 560 g/mol. The molecule has 0 bridgehead atoms. The summed E-state index contributed by atoms with van der Waals surface area (Å²) < 4.78 is 27.8. The molecule has 4 N–H and O–H groups in total. The molecule has 3 aliphatic rings. The summed E-state index contributed by atoms with van der Waals surface area (Å²) in [5.74, 6) is -6.69. The van der Waals surface area contributed by atoms with Crippen molar-refractivity contribution >= 4 is 29.8 Å². The molecule has 14 nitrogen and oxygen atoms in total. The zero-order valence-corrected chi connectivity index (χ0v) is 24.6. The zero-order chi connectivity index (χ0) is 32.2. The van der Waals surface area contributed by atoms with Gasteiger partial charge in [-0.3, -0.25) is 19.2 Å². The fraction of sp³-hybridized carbons (Fsp3) is 0.679. The average molecular weight is 599 g/mol. The van der Waals surface area contributed by atoms with Gasteiger partial charge < -0.3 is 44.1 Å². The maximum atomic E-state index is 13.0. The number of esters is 5. The largest absolute Gasteiger partial charge is 0.459 e. The van der Waals surface area contributed by atoms with Crippen LogP contribution < -0.4 is 0 Å². The second-order valence-corrected chi connectivity index (χ2v) is 11.7. The second kappa shape index (κ2) is 11.1. The molecule has 2 aliphatic carbocycles. The Bertz CT molecular complexity index is 1220. The zero-order valence-electron chi connectivity index (χ0n) is 24.6. The fourth-order valence-electron chi connectivity index (χ4n) is 6.40. The van der Waals surface area contributed by atoms with Crippen molar-refractivity contribution < 1.29 is 68.1 Å². The van der Waals surface area contributed by atoms with E-state index in [9.17, 15) is 44.4 Å². The Morgan fingerprint density at radius 3 is 1.83 bits per heavy atom. The van der Waals surface area contributed by atoms with Crippen molar-refractivity contribution in [2.75, 3.05) is 0 Å². The van der Waals surface area contributed by atoms with Crippen LogP contribution in [0.25, 0.3) is 0 Å². The summed E-state index contributed by atoms with van der Waals surface area (Å²) in [5, 5.41) is 46.6. The van der Waals surface area contributed by atoms with Crippen LogP contribution in [0, 0.1) is 11.3 Å². The molecule has 0 aromatic carbocycles. The predicted molar refractivity (Wildman–Crippen MR) is 139 cm³/mol. The number of hydrogen-bond acceptors (Lipinski definition) is 14. The van der Waals surface area contributed by atoms with E-state index in [0.717, 1.165) is 53.7 Å². The third-order valence-corrected chi connectivity index (χ3v) is 8.37. The van der Waals surface area contributed by atoms with Crippen molar-refractivity contribution in [3.8, 4) is 0 Å². The van der Waals surface area contributed by atoms with Crippen LogP contribution in [-0.4, -0.2) is 104 Å². The van der Waals surface area contributed by atoms with Crippen LogP contribution in [0.15, 0.2) is 23.8 Å². The van der Waals surface area contributed by atoms with Gasteiger partial charge in [-0.2, -0.15) is 0 Å². The maximum absolute atomic E-state index is 13.0. The smallest absolute Gasteiger partial charge is 0.341 e. The molecule has 234 valence electrons. The monoisotopic (exact) mass is 598 g/mol. The summed E-state index contributed by atoms with van der Waals surface area (Å²) in [5.41, 5.74) is -9.81. The lowest BCUT2D eigenvalue weighted by molar-refractivity contribution is -0.264. The van der Waals surface area contributed by atoms with Gasteiger partial charge in [0, 0.05) is 39.0 Å². The average Bonchev–Trinajstić information content (AvgIpc) is 3.00. The van der Waals surface area contributed by atoms with Gasteiger partial charge in [0.15, 0.2) is 35.6 Å². The molecule has 1 heterocycles. The molecule has 11 atom stereocenters. The molecule has 11 unspecified atom stereocenters. The van der Waals surface area contributed by atoms with Crippen LogP contribution in [0.4, 0.5) is 0 Å². The number of aliphatic hydroxyl groups excluding tert-OH is 1. The minimum Gasteiger partial charge on any atom is -0.459 e. The van der Waals surface area contributed by atoms with Crippen molar-refractivity contribution in [3.05, 3.63) is 23.8 Å². The summed E-state index contributed by atoms with van der Waals surface area (Å²) in [6.45, 7) is 9.00. The first-order valence-electron chi connectivity index (χ1n) is 13.2. The Labute approximate surface area is 242 Å². The number of ether oxygens (including phenoxy) is 5. The number of carbonyl (C=O) groups is 5. The molecule has 14 heteroatoms. The summed E-state index contributed by atoms with van der Waals surface area (Å²) in [6, 6.07) is 0. The number of fused-ring (bicyclic) bond motifs is 2. The third-order valence-electron chi connectivity index (χ3n) is 8.37. The molecule has 1 saturated heterocycles. The van der Waals surface area contributed by atoms with Crippen LogP contribution in [0.3, 0.4) is 0 Å². The molecule has 0 radical (unpaired) electrons. The van der Waals surface area contributed by atoms with Crippen molar-refractivity contribution in [1.29, 1.82) is 0 Å². The number of hydrogen-bond donors (Lipinski definition) is 4. The van der Waals surface area contributed by atoms with E-state index in [4.69, 9.17) is 23.7 Å². The number of rotatable bonds is 4. The quantitative estimate of drug-likeness (QED) is 0.181. The van der Waals surface area contributed by atoms with Crippen LogP contribution in [0.5, 0.6) is 0 Å². The van der Waals surface area contributed by atoms with Gasteiger partial charge in [0.1, 0.15) is 12.2 Å². The fourth-order valence-corrected chi connectivity index (χ4v) is 6.40. The van der Waals surface area contributed by atoms with E-state index in [1.165, 1.54) is 19.9 Å². The Hall–Kier alpha value is -3.33. The molecule has 0 aromatic rings. The molecule has 3 rings (SSSR count). The topological polar surface area (TPSA) is 212 Å². The van der Waals surface area contributed by atoms with Crippen molar-refractivity contribution in [2.45, 2.75) is 109 Å². The van der Waals surface area contributed by atoms with E-state index >= 15 is 0 Å². The first kappa shape index (κ1) is 33.2. The highest BCUT2D eigenvalue weighted by Crippen LogP contribution is 2.56. The van der Waals surface area contributed by atoms with Crippen LogP contribution in [0.2, 0.25) is 0 Å². The van der Waals surface area contributed by atoms with Gasteiger partial charge in [-0.25, -0.2) is 4.79 Å². The first-order valence-corrected chi connectivity index (χ1v) is 13.2. The maximum Gasteiger partial charge on any atom is 0.341 e. The summed E-state index contributed by atoms with van der Waals surface area (Å²) in [6.07, 6.45) is -6.78.